The van der Waals surface area contributed by atoms with E-state index in [-0.39, 0.29) is 40.8 Å². The standard InChI is InChI=1S/C18H15O6PS2.Na.H/c19-26(20,21)14-6-1-4-12(10-14)16-8-3-9-17(25)18(16)13-5-2-7-15(11-13)27(22,23)24;;/h1-11H,25H2,(H,19,20,21)(H,22,23,24);;/q;+1;-1. The number of hydrogen-bond acceptors (Lipinski definition) is 4. The van der Waals surface area contributed by atoms with E-state index < -0.39 is 20.2 Å². The molecule has 0 heterocycles. The molecule has 3 rings (SSSR count). The van der Waals surface area contributed by atoms with Crippen LogP contribution in [0, 0.1) is 0 Å². The third-order valence-corrected chi connectivity index (χ3v) is 6.14. The molecule has 3 aromatic rings. The van der Waals surface area contributed by atoms with Crippen molar-refractivity contribution in [2.45, 2.75) is 9.79 Å². The molecule has 142 valence electrons. The molecule has 0 saturated heterocycles. The van der Waals surface area contributed by atoms with E-state index in [1.807, 2.05) is 0 Å². The molecule has 1 unspecified atom stereocenters. The first-order valence-electron chi connectivity index (χ1n) is 7.62. The first-order valence-corrected chi connectivity index (χ1v) is 11.1. The number of hydrogen-bond donors (Lipinski definition) is 2. The zero-order chi connectivity index (χ0) is 19.8. The fraction of sp³-hybridized carbons (Fsp3) is 0. The van der Waals surface area contributed by atoms with Gasteiger partial charge in [0.05, 0.1) is 9.79 Å². The fourth-order valence-corrected chi connectivity index (χ4v) is 4.26. The first kappa shape index (κ1) is 23.2. The van der Waals surface area contributed by atoms with Gasteiger partial charge in [-0.3, -0.25) is 9.11 Å². The quantitative estimate of drug-likeness (QED) is 0.335. The van der Waals surface area contributed by atoms with Gasteiger partial charge < -0.3 is 1.43 Å². The van der Waals surface area contributed by atoms with Gasteiger partial charge in [-0.25, -0.2) is 0 Å². The van der Waals surface area contributed by atoms with Crippen LogP contribution in [0.5, 0.6) is 0 Å². The Kier molecular flexibility index (Phi) is 7.23. The molecule has 0 amide bonds. The molecule has 0 aliphatic rings. The van der Waals surface area contributed by atoms with E-state index in [0.29, 0.717) is 22.3 Å². The molecule has 0 aliphatic carbocycles. The van der Waals surface area contributed by atoms with Gasteiger partial charge in [0.25, 0.3) is 20.2 Å². The smallest absolute Gasteiger partial charge is 1.00 e. The van der Waals surface area contributed by atoms with Gasteiger partial charge in [-0.15, -0.1) is 9.24 Å². The van der Waals surface area contributed by atoms with Crippen LogP contribution in [0.2, 0.25) is 0 Å². The predicted molar refractivity (Wildman–Crippen MR) is 107 cm³/mol. The zero-order valence-electron chi connectivity index (χ0n) is 15.8. The fourth-order valence-electron chi connectivity index (χ4n) is 2.77. The summed E-state index contributed by atoms with van der Waals surface area (Å²) in [6.45, 7) is 0. The summed E-state index contributed by atoms with van der Waals surface area (Å²) in [4.78, 5) is -0.488. The Labute approximate surface area is 189 Å². The van der Waals surface area contributed by atoms with Gasteiger partial charge >= 0.3 is 29.6 Å². The van der Waals surface area contributed by atoms with Crippen molar-refractivity contribution in [3.63, 3.8) is 0 Å². The molecule has 28 heavy (non-hydrogen) atoms. The van der Waals surface area contributed by atoms with Gasteiger partial charge in [0.15, 0.2) is 0 Å². The van der Waals surface area contributed by atoms with E-state index in [2.05, 4.69) is 9.24 Å². The van der Waals surface area contributed by atoms with Crippen molar-refractivity contribution < 1.29 is 56.9 Å². The maximum Gasteiger partial charge on any atom is 1.00 e. The molecule has 3 aromatic carbocycles. The molecule has 0 radical (unpaired) electrons. The van der Waals surface area contributed by atoms with Crippen LogP contribution in [0.4, 0.5) is 0 Å². The number of rotatable bonds is 4. The van der Waals surface area contributed by atoms with Gasteiger partial charge in [0.2, 0.25) is 0 Å². The minimum atomic E-state index is -4.37. The first-order chi connectivity index (χ1) is 12.6. The molecule has 6 nitrogen and oxygen atoms in total. The summed E-state index contributed by atoms with van der Waals surface area (Å²) >= 11 is 0. The van der Waals surface area contributed by atoms with E-state index >= 15 is 0 Å². The normalized spacial score (nSPS) is 11.7. The van der Waals surface area contributed by atoms with Crippen molar-refractivity contribution >= 4 is 34.8 Å². The van der Waals surface area contributed by atoms with E-state index in [1.165, 1.54) is 36.4 Å². The summed E-state index contributed by atoms with van der Waals surface area (Å²) in [5.41, 5.74) is 2.35. The van der Waals surface area contributed by atoms with Crippen LogP contribution < -0.4 is 34.9 Å². The van der Waals surface area contributed by atoms with Gasteiger partial charge in [-0.05, 0) is 51.8 Å². The molecule has 0 aliphatic heterocycles. The average Bonchev–Trinajstić information content (AvgIpc) is 2.60. The van der Waals surface area contributed by atoms with Crippen LogP contribution in [-0.4, -0.2) is 25.9 Å². The largest absolute Gasteiger partial charge is 1.00 e. The predicted octanol–water partition coefficient (Wildman–Crippen LogP) is 0.131. The summed E-state index contributed by atoms with van der Waals surface area (Å²) in [6, 6.07) is 17.0. The van der Waals surface area contributed by atoms with E-state index in [1.54, 1.807) is 30.3 Å². The topological polar surface area (TPSA) is 109 Å². The Morgan fingerprint density at radius 1 is 0.714 bits per heavy atom. The van der Waals surface area contributed by atoms with Crippen molar-refractivity contribution in [2.24, 2.45) is 0 Å². The SMILES string of the molecule is O=S(=O)(O)c1cccc(-c2cccc(P)c2-c2cccc(S(=O)(=O)O)c2)c1.[H-].[Na+]. The van der Waals surface area contributed by atoms with Crippen molar-refractivity contribution in [1.82, 2.24) is 0 Å². The Bertz CT molecular complexity index is 1250. The van der Waals surface area contributed by atoms with Crippen molar-refractivity contribution in [1.29, 1.82) is 0 Å². The second-order valence-electron chi connectivity index (χ2n) is 5.78. The molecule has 0 bridgehead atoms. The molecular formula is C18H16NaO6PS2. The van der Waals surface area contributed by atoms with Gasteiger partial charge in [-0.2, -0.15) is 16.8 Å². The van der Waals surface area contributed by atoms with E-state index in [4.69, 9.17) is 0 Å². The molecule has 0 saturated carbocycles. The molecule has 0 fully saturated rings. The maximum absolute atomic E-state index is 11.5. The Morgan fingerprint density at radius 2 is 1.18 bits per heavy atom. The second kappa shape index (κ2) is 8.73. The third kappa shape index (κ3) is 5.09. The molecule has 2 N–H and O–H groups in total. The van der Waals surface area contributed by atoms with Crippen LogP contribution in [0.25, 0.3) is 22.3 Å². The molecular weight excluding hydrogens is 430 g/mol. The van der Waals surface area contributed by atoms with Crippen LogP contribution in [0.1, 0.15) is 1.43 Å². The van der Waals surface area contributed by atoms with Gasteiger partial charge in [0, 0.05) is 0 Å². The van der Waals surface area contributed by atoms with Crippen LogP contribution in [0.3, 0.4) is 0 Å². The van der Waals surface area contributed by atoms with Crippen LogP contribution >= 0.6 is 9.24 Å². The third-order valence-electron chi connectivity index (χ3n) is 3.96. The van der Waals surface area contributed by atoms with Crippen molar-refractivity contribution in [3.8, 4) is 22.3 Å². The molecule has 1 atom stereocenters. The minimum Gasteiger partial charge on any atom is -1.00 e. The maximum atomic E-state index is 11.5. The Balaban J connectivity index is 0.00000210. The van der Waals surface area contributed by atoms with Crippen LogP contribution in [0.15, 0.2) is 76.5 Å². The summed E-state index contributed by atoms with van der Waals surface area (Å²) in [7, 11) is -6.19. The van der Waals surface area contributed by atoms with E-state index in [0.717, 1.165) is 5.30 Å². The van der Waals surface area contributed by atoms with Gasteiger partial charge in [-0.1, -0.05) is 42.5 Å². The molecule has 0 spiro atoms. The Hall–Kier alpha value is -1.09. The van der Waals surface area contributed by atoms with Crippen LogP contribution in [-0.2, 0) is 20.2 Å². The molecule has 0 aromatic heterocycles. The Morgan fingerprint density at radius 3 is 1.71 bits per heavy atom. The second-order valence-corrected chi connectivity index (χ2v) is 9.24. The zero-order valence-corrected chi connectivity index (χ0v) is 19.6. The van der Waals surface area contributed by atoms with E-state index in [9.17, 15) is 25.9 Å². The monoisotopic (exact) mass is 446 g/mol. The minimum absolute atomic E-state index is 0. The van der Waals surface area contributed by atoms with Crippen molar-refractivity contribution in [2.75, 3.05) is 0 Å². The summed E-state index contributed by atoms with van der Waals surface area (Å²) in [5.74, 6) is 0. The summed E-state index contributed by atoms with van der Waals surface area (Å²) in [6.07, 6.45) is 0. The average molecular weight is 446 g/mol. The summed E-state index contributed by atoms with van der Waals surface area (Å²) in [5, 5.41) is 0.747. The number of benzene rings is 3. The molecule has 10 heteroatoms. The van der Waals surface area contributed by atoms with Gasteiger partial charge in [0.1, 0.15) is 0 Å². The summed E-state index contributed by atoms with van der Waals surface area (Å²) < 4.78 is 64.5. The van der Waals surface area contributed by atoms with Crippen molar-refractivity contribution in [3.05, 3.63) is 66.7 Å².